The van der Waals surface area contributed by atoms with Crippen LogP contribution >= 0.6 is 0 Å². The van der Waals surface area contributed by atoms with Crippen LogP contribution in [0.15, 0.2) is 0 Å². The first-order chi connectivity index (χ1) is 6.57. The third kappa shape index (κ3) is 0.873. The Morgan fingerprint density at radius 3 is 2.14 bits per heavy atom. The molecule has 4 rings (SSSR count). The fourth-order valence-corrected chi connectivity index (χ4v) is 4.32. The molecule has 0 aromatic heterocycles. The summed E-state index contributed by atoms with van der Waals surface area (Å²) in [7, 11) is 0. The number of halogens is 2. The van der Waals surface area contributed by atoms with Gasteiger partial charge in [0.15, 0.2) is 0 Å². The maximum Gasteiger partial charge on any atom is 0.258 e. The summed E-state index contributed by atoms with van der Waals surface area (Å²) in [5.41, 5.74) is -1.04. The molecular formula is C11H16F2O. The van der Waals surface area contributed by atoms with Crippen LogP contribution in [-0.2, 0) is 0 Å². The first kappa shape index (κ1) is 9.08. The zero-order valence-corrected chi connectivity index (χ0v) is 8.18. The number of aliphatic hydroxyl groups excluding tert-OH is 1. The van der Waals surface area contributed by atoms with Crippen LogP contribution in [0.25, 0.3) is 0 Å². The Labute approximate surface area is 82.5 Å². The predicted molar refractivity (Wildman–Crippen MR) is 48.0 cm³/mol. The van der Waals surface area contributed by atoms with Crippen molar-refractivity contribution in [2.24, 2.45) is 23.2 Å². The predicted octanol–water partition coefficient (Wildman–Crippen LogP) is 2.44. The van der Waals surface area contributed by atoms with E-state index in [0.717, 1.165) is 6.42 Å². The average molecular weight is 202 g/mol. The van der Waals surface area contributed by atoms with Crippen LogP contribution in [0.1, 0.15) is 32.1 Å². The fraction of sp³-hybridized carbons (Fsp3) is 1.00. The Kier molecular flexibility index (Phi) is 1.61. The minimum absolute atomic E-state index is 0.316. The third-order valence-electron chi connectivity index (χ3n) is 4.78. The summed E-state index contributed by atoms with van der Waals surface area (Å²) >= 11 is 0. The van der Waals surface area contributed by atoms with Crippen LogP contribution in [0.4, 0.5) is 8.78 Å². The summed E-state index contributed by atoms with van der Waals surface area (Å²) in [5, 5.41) is 9.29. The lowest BCUT2D eigenvalue weighted by Gasteiger charge is -2.60. The van der Waals surface area contributed by atoms with Crippen molar-refractivity contribution in [2.45, 2.75) is 38.0 Å². The van der Waals surface area contributed by atoms with Gasteiger partial charge in [-0.05, 0) is 43.9 Å². The first-order valence-electron chi connectivity index (χ1n) is 5.56. The number of aliphatic hydroxyl groups is 1. The van der Waals surface area contributed by atoms with Gasteiger partial charge < -0.3 is 5.11 Å². The number of alkyl halides is 2. The molecule has 0 aromatic rings. The monoisotopic (exact) mass is 202 g/mol. The molecular weight excluding hydrogens is 186 g/mol. The van der Waals surface area contributed by atoms with Crippen LogP contribution < -0.4 is 0 Å². The summed E-state index contributed by atoms with van der Waals surface area (Å²) in [6, 6.07) is 0. The summed E-state index contributed by atoms with van der Waals surface area (Å²) < 4.78 is 28.0. The Bertz CT molecular complexity index is 250. The lowest BCUT2D eigenvalue weighted by Crippen LogP contribution is -2.61. The molecule has 0 heterocycles. The van der Waals surface area contributed by atoms with Crippen molar-refractivity contribution >= 4 is 0 Å². The van der Waals surface area contributed by atoms with Crippen molar-refractivity contribution in [3.05, 3.63) is 0 Å². The van der Waals surface area contributed by atoms with Crippen LogP contribution in [0.2, 0.25) is 0 Å². The van der Waals surface area contributed by atoms with Crippen molar-refractivity contribution < 1.29 is 13.9 Å². The van der Waals surface area contributed by atoms with Gasteiger partial charge in [0, 0.05) is 5.92 Å². The van der Waals surface area contributed by atoms with E-state index in [-0.39, 0.29) is 6.61 Å². The molecule has 0 amide bonds. The van der Waals surface area contributed by atoms with Gasteiger partial charge in [0.2, 0.25) is 0 Å². The van der Waals surface area contributed by atoms with E-state index in [9.17, 15) is 13.9 Å². The van der Waals surface area contributed by atoms with Crippen molar-refractivity contribution in [1.29, 1.82) is 0 Å². The lowest BCUT2D eigenvalue weighted by atomic mass is 9.48. The molecule has 1 N–H and O–H groups in total. The van der Waals surface area contributed by atoms with E-state index in [4.69, 9.17) is 0 Å². The van der Waals surface area contributed by atoms with Gasteiger partial charge in [-0.2, -0.15) is 0 Å². The van der Waals surface area contributed by atoms with Crippen LogP contribution in [-0.4, -0.2) is 17.6 Å². The van der Waals surface area contributed by atoms with E-state index in [1.165, 1.54) is 0 Å². The quantitative estimate of drug-likeness (QED) is 0.692. The van der Waals surface area contributed by atoms with Gasteiger partial charge in [0.25, 0.3) is 5.92 Å². The Morgan fingerprint density at radius 2 is 1.64 bits per heavy atom. The summed E-state index contributed by atoms with van der Waals surface area (Å²) in [6.07, 6.45) is 3.65. The van der Waals surface area contributed by atoms with E-state index >= 15 is 0 Å². The number of rotatable bonds is 1. The highest BCUT2D eigenvalue weighted by atomic mass is 19.3. The minimum Gasteiger partial charge on any atom is -0.396 e. The molecule has 4 saturated carbocycles. The highest BCUT2D eigenvalue weighted by molar-refractivity contribution is 5.10. The Balaban J connectivity index is 2.02. The minimum atomic E-state index is -2.60. The van der Waals surface area contributed by atoms with Gasteiger partial charge in [-0.1, -0.05) is 0 Å². The molecule has 2 atom stereocenters. The molecule has 4 fully saturated rings. The molecule has 0 radical (unpaired) electrons. The van der Waals surface area contributed by atoms with Crippen molar-refractivity contribution in [3.8, 4) is 0 Å². The Morgan fingerprint density at radius 1 is 1.07 bits per heavy atom. The standard InChI is InChI=1S/C11H16F2O/c12-11(13)9-2-7-1-8(3-9)5-10(11,4-7)6-14/h7-9,14H,1-6H2. The highest BCUT2D eigenvalue weighted by Gasteiger charge is 2.67. The summed E-state index contributed by atoms with van der Waals surface area (Å²) in [4.78, 5) is 0. The fourth-order valence-electron chi connectivity index (χ4n) is 4.32. The maximum absolute atomic E-state index is 14.0. The number of hydrogen-bond donors (Lipinski definition) is 1. The normalized spacial score (nSPS) is 53.8. The SMILES string of the molecule is OCC12CC3CC(CC(C3)C1(F)F)C2. The molecule has 4 aliphatic carbocycles. The zero-order valence-electron chi connectivity index (χ0n) is 8.18. The van der Waals surface area contributed by atoms with E-state index in [0.29, 0.717) is 37.5 Å². The van der Waals surface area contributed by atoms with Crippen LogP contribution in [0.3, 0.4) is 0 Å². The van der Waals surface area contributed by atoms with Crippen molar-refractivity contribution in [1.82, 2.24) is 0 Å². The van der Waals surface area contributed by atoms with Crippen molar-refractivity contribution in [2.75, 3.05) is 6.61 Å². The Hall–Kier alpha value is -0.180. The third-order valence-corrected chi connectivity index (χ3v) is 4.78. The van der Waals surface area contributed by atoms with Crippen LogP contribution in [0, 0.1) is 23.2 Å². The topological polar surface area (TPSA) is 20.2 Å². The molecule has 3 heteroatoms. The van der Waals surface area contributed by atoms with Crippen LogP contribution in [0.5, 0.6) is 0 Å². The second-order valence-corrected chi connectivity index (χ2v) is 5.61. The molecule has 1 nitrogen and oxygen atoms in total. The van der Waals surface area contributed by atoms with Gasteiger partial charge in [-0.15, -0.1) is 0 Å². The van der Waals surface area contributed by atoms with E-state index in [1.54, 1.807) is 0 Å². The second-order valence-electron chi connectivity index (χ2n) is 5.61. The second kappa shape index (κ2) is 2.49. The first-order valence-corrected chi connectivity index (χ1v) is 5.56. The molecule has 4 aliphatic rings. The highest BCUT2D eigenvalue weighted by Crippen LogP contribution is 2.66. The molecule has 0 aromatic carbocycles. The molecule has 0 aliphatic heterocycles. The largest absolute Gasteiger partial charge is 0.396 e. The maximum atomic E-state index is 14.0. The molecule has 4 bridgehead atoms. The smallest absolute Gasteiger partial charge is 0.258 e. The van der Waals surface area contributed by atoms with Gasteiger partial charge in [0.1, 0.15) is 0 Å². The average Bonchev–Trinajstić information content (AvgIpc) is 2.13. The lowest BCUT2D eigenvalue weighted by molar-refractivity contribution is -0.266. The van der Waals surface area contributed by atoms with Gasteiger partial charge in [-0.25, -0.2) is 8.78 Å². The molecule has 80 valence electrons. The van der Waals surface area contributed by atoms with Gasteiger partial charge in [0.05, 0.1) is 12.0 Å². The molecule has 0 spiro atoms. The zero-order chi connectivity index (χ0) is 9.97. The number of hydrogen-bond acceptors (Lipinski definition) is 1. The van der Waals surface area contributed by atoms with E-state index in [2.05, 4.69) is 0 Å². The molecule has 0 saturated heterocycles. The van der Waals surface area contributed by atoms with E-state index < -0.39 is 17.3 Å². The van der Waals surface area contributed by atoms with Gasteiger partial charge in [-0.3, -0.25) is 0 Å². The van der Waals surface area contributed by atoms with Gasteiger partial charge >= 0.3 is 0 Å². The summed E-state index contributed by atoms with van der Waals surface area (Å²) in [6.45, 7) is -0.316. The van der Waals surface area contributed by atoms with Crippen molar-refractivity contribution in [3.63, 3.8) is 0 Å². The summed E-state index contributed by atoms with van der Waals surface area (Å²) in [5.74, 6) is -2.09. The van der Waals surface area contributed by atoms with E-state index in [1.807, 2.05) is 0 Å². The molecule has 14 heavy (non-hydrogen) atoms. The molecule has 2 unspecified atom stereocenters.